The van der Waals surface area contributed by atoms with Gasteiger partial charge in [-0.25, -0.2) is 4.98 Å². The molecule has 0 spiro atoms. The van der Waals surface area contributed by atoms with Crippen LogP contribution in [0.25, 0.3) is 0 Å². The molecule has 1 unspecified atom stereocenters. The minimum atomic E-state index is -4.38. The topological polar surface area (TPSA) is 77.2 Å². The maximum Gasteiger partial charge on any atom is 0.422 e. The second-order valence-electron chi connectivity index (χ2n) is 5.26. The number of aromatic nitrogens is 1. The Hall–Kier alpha value is -2.48. The van der Waals surface area contributed by atoms with Crippen molar-refractivity contribution >= 4 is 23.3 Å². The van der Waals surface area contributed by atoms with E-state index < -0.39 is 18.7 Å². The van der Waals surface area contributed by atoms with Gasteiger partial charge in [0.25, 0.3) is 0 Å². The SMILES string of the molecule is CC(Nc1ncc(C(N)=O)cc1Cl)c1ccc(OCC(F)(F)F)cc1. The number of carbonyl (C=O) groups is 1. The molecule has 0 aliphatic heterocycles. The molecule has 1 aromatic heterocycles. The molecule has 0 bridgehead atoms. The molecule has 0 aliphatic carbocycles. The third-order valence-corrected chi connectivity index (χ3v) is 3.55. The van der Waals surface area contributed by atoms with Crippen LogP contribution >= 0.6 is 11.6 Å². The molecule has 0 saturated heterocycles. The summed E-state index contributed by atoms with van der Waals surface area (Å²) in [7, 11) is 0. The average molecular weight is 374 g/mol. The Kier molecular flexibility index (Phi) is 5.73. The highest BCUT2D eigenvalue weighted by Gasteiger charge is 2.28. The summed E-state index contributed by atoms with van der Waals surface area (Å²) in [5.41, 5.74) is 6.13. The summed E-state index contributed by atoms with van der Waals surface area (Å²) in [6.07, 6.45) is -3.08. The van der Waals surface area contributed by atoms with Gasteiger partial charge in [-0.1, -0.05) is 23.7 Å². The third kappa shape index (κ3) is 5.53. The zero-order valence-corrected chi connectivity index (χ0v) is 13.9. The number of carbonyl (C=O) groups excluding carboxylic acids is 1. The molecule has 3 N–H and O–H groups in total. The number of anilines is 1. The number of nitrogens with two attached hydrogens (primary N) is 1. The Morgan fingerprint density at radius 2 is 2.00 bits per heavy atom. The number of primary amides is 1. The molecule has 0 fully saturated rings. The smallest absolute Gasteiger partial charge is 0.422 e. The molecular weight excluding hydrogens is 359 g/mol. The zero-order chi connectivity index (χ0) is 18.6. The Balaban J connectivity index is 2.03. The number of ether oxygens (including phenoxy) is 1. The van der Waals surface area contributed by atoms with Gasteiger partial charge in [-0.2, -0.15) is 13.2 Å². The van der Waals surface area contributed by atoms with Crippen LogP contribution in [0.5, 0.6) is 5.75 Å². The fourth-order valence-corrected chi connectivity index (χ4v) is 2.21. The summed E-state index contributed by atoms with van der Waals surface area (Å²) in [5, 5.41) is 3.28. The molecule has 25 heavy (non-hydrogen) atoms. The van der Waals surface area contributed by atoms with Gasteiger partial charge in [-0.05, 0) is 30.7 Å². The van der Waals surface area contributed by atoms with Crippen LogP contribution in [-0.2, 0) is 0 Å². The number of nitrogens with zero attached hydrogens (tertiary/aromatic N) is 1. The van der Waals surface area contributed by atoms with Crippen molar-refractivity contribution in [3.63, 3.8) is 0 Å². The van der Waals surface area contributed by atoms with Crippen molar-refractivity contribution in [3.8, 4) is 5.75 Å². The van der Waals surface area contributed by atoms with Gasteiger partial charge in [-0.15, -0.1) is 0 Å². The van der Waals surface area contributed by atoms with E-state index in [1.54, 1.807) is 12.1 Å². The first-order chi connectivity index (χ1) is 11.7. The number of pyridine rings is 1. The highest BCUT2D eigenvalue weighted by atomic mass is 35.5. The molecule has 0 radical (unpaired) electrons. The van der Waals surface area contributed by atoms with Gasteiger partial charge in [0, 0.05) is 12.2 Å². The van der Waals surface area contributed by atoms with Crippen molar-refractivity contribution in [3.05, 3.63) is 52.7 Å². The Morgan fingerprint density at radius 1 is 1.36 bits per heavy atom. The van der Waals surface area contributed by atoms with Gasteiger partial charge < -0.3 is 15.8 Å². The second kappa shape index (κ2) is 7.60. The van der Waals surface area contributed by atoms with E-state index in [0.29, 0.717) is 5.82 Å². The lowest BCUT2D eigenvalue weighted by Crippen LogP contribution is -2.19. The number of amides is 1. The van der Waals surface area contributed by atoms with Gasteiger partial charge in [0.2, 0.25) is 5.91 Å². The summed E-state index contributed by atoms with van der Waals surface area (Å²) in [4.78, 5) is 15.1. The summed E-state index contributed by atoms with van der Waals surface area (Å²) in [6, 6.07) is 7.33. The number of hydrogen-bond acceptors (Lipinski definition) is 4. The number of benzene rings is 1. The number of hydrogen-bond donors (Lipinski definition) is 2. The highest BCUT2D eigenvalue weighted by molar-refractivity contribution is 6.33. The fraction of sp³-hybridized carbons (Fsp3) is 0.250. The second-order valence-corrected chi connectivity index (χ2v) is 5.66. The summed E-state index contributed by atoms with van der Waals surface area (Å²) in [6.45, 7) is 0.484. The molecule has 1 aromatic carbocycles. The predicted molar refractivity (Wildman–Crippen MR) is 87.8 cm³/mol. The zero-order valence-electron chi connectivity index (χ0n) is 13.1. The van der Waals surface area contributed by atoms with Crippen LogP contribution in [0.1, 0.15) is 28.9 Å². The fourth-order valence-electron chi connectivity index (χ4n) is 1.99. The van der Waals surface area contributed by atoms with E-state index in [0.717, 1.165) is 5.56 Å². The van der Waals surface area contributed by atoms with Gasteiger partial charge in [-0.3, -0.25) is 4.79 Å². The lowest BCUT2D eigenvalue weighted by molar-refractivity contribution is -0.153. The quantitative estimate of drug-likeness (QED) is 0.803. The maximum absolute atomic E-state index is 12.1. The van der Waals surface area contributed by atoms with Crippen molar-refractivity contribution < 1.29 is 22.7 Å². The lowest BCUT2D eigenvalue weighted by atomic mass is 10.1. The van der Waals surface area contributed by atoms with Gasteiger partial charge in [0.1, 0.15) is 11.6 Å². The van der Waals surface area contributed by atoms with E-state index in [4.69, 9.17) is 17.3 Å². The van der Waals surface area contributed by atoms with Gasteiger partial charge in [0.15, 0.2) is 6.61 Å². The first kappa shape index (κ1) is 18.9. The van der Waals surface area contributed by atoms with Crippen molar-refractivity contribution in [1.29, 1.82) is 0 Å². The number of rotatable bonds is 6. The van der Waals surface area contributed by atoms with E-state index in [1.807, 2.05) is 6.92 Å². The lowest BCUT2D eigenvalue weighted by Gasteiger charge is -2.17. The molecule has 134 valence electrons. The van der Waals surface area contributed by atoms with E-state index in [-0.39, 0.29) is 22.4 Å². The van der Waals surface area contributed by atoms with E-state index in [9.17, 15) is 18.0 Å². The molecule has 2 rings (SSSR count). The first-order valence-electron chi connectivity index (χ1n) is 7.17. The minimum Gasteiger partial charge on any atom is -0.484 e. The normalized spacial score (nSPS) is 12.5. The number of halogens is 4. The van der Waals surface area contributed by atoms with Crippen LogP contribution < -0.4 is 15.8 Å². The Morgan fingerprint density at radius 3 is 2.52 bits per heavy atom. The predicted octanol–water partition coefficient (Wildman–Crippen LogP) is 3.95. The maximum atomic E-state index is 12.1. The third-order valence-electron chi connectivity index (χ3n) is 3.26. The van der Waals surface area contributed by atoms with Crippen LogP contribution in [-0.4, -0.2) is 23.7 Å². The number of nitrogens with one attached hydrogen (secondary N) is 1. The molecule has 9 heteroatoms. The van der Waals surface area contributed by atoms with E-state index in [1.165, 1.54) is 24.4 Å². The molecule has 1 atom stereocenters. The van der Waals surface area contributed by atoms with Crippen LogP contribution in [0.3, 0.4) is 0 Å². The Bertz CT molecular complexity index is 751. The van der Waals surface area contributed by atoms with Gasteiger partial charge in [0.05, 0.1) is 10.6 Å². The Labute approximate surface area is 146 Å². The minimum absolute atomic E-state index is 0.121. The van der Waals surface area contributed by atoms with Crippen molar-refractivity contribution in [2.75, 3.05) is 11.9 Å². The molecule has 0 aliphatic rings. The van der Waals surface area contributed by atoms with Crippen LogP contribution in [0.2, 0.25) is 5.02 Å². The monoisotopic (exact) mass is 373 g/mol. The van der Waals surface area contributed by atoms with Crippen molar-refractivity contribution in [2.24, 2.45) is 5.73 Å². The molecule has 1 heterocycles. The van der Waals surface area contributed by atoms with E-state index >= 15 is 0 Å². The van der Waals surface area contributed by atoms with E-state index in [2.05, 4.69) is 15.0 Å². The van der Waals surface area contributed by atoms with Crippen LogP contribution in [0.15, 0.2) is 36.5 Å². The largest absolute Gasteiger partial charge is 0.484 e. The number of alkyl halides is 3. The van der Waals surface area contributed by atoms with Crippen molar-refractivity contribution in [2.45, 2.75) is 19.1 Å². The first-order valence-corrected chi connectivity index (χ1v) is 7.55. The van der Waals surface area contributed by atoms with Crippen LogP contribution in [0, 0.1) is 0 Å². The van der Waals surface area contributed by atoms with Crippen molar-refractivity contribution in [1.82, 2.24) is 4.98 Å². The van der Waals surface area contributed by atoms with Gasteiger partial charge >= 0.3 is 6.18 Å². The molecule has 0 saturated carbocycles. The molecular formula is C16H15ClF3N3O2. The average Bonchev–Trinajstić information content (AvgIpc) is 2.54. The molecule has 1 amide bonds. The standard InChI is InChI=1S/C16H15ClF3N3O2/c1-9(23-15-13(17)6-11(7-22-15)14(21)24)10-2-4-12(5-3-10)25-8-16(18,19)20/h2-7,9H,8H2,1H3,(H2,21,24)(H,22,23). The molecule has 5 nitrogen and oxygen atoms in total. The summed E-state index contributed by atoms with van der Waals surface area (Å²) in [5.74, 6) is -0.157. The summed E-state index contributed by atoms with van der Waals surface area (Å²) < 4.78 is 41.0. The summed E-state index contributed by atoms with van der Waals surface area (Å²) >= 11 is 6.05. The molecule has 2 aromatic rings. The van der Waals surface area contributed by atoms with Crippen LogP contribution in [0.4, 0.5) is 19.0 Å². The highest BCUT2D eigenvalue weighted by Crippen LogP contribution is 2.26.